The number of nitrogens with zero attached hydrogens (tertiary/aromatic N) is 2. The second kappa shape index (κ2) is 8.10. The maximum absolute atomic E-state index is 12.9. The van der Waals surface area contributed by atoms with Gasteiger partial charge in [-0.05, 0) is 36.8 Å². The van der Waals surface area contributed by atoms with Crippen LogP contribution in [0.25, 0.3) is 0 Å². The molecule has 1 saturated heterocycles. The molecule has 1 aliphatic rings. The molecule has 0 bridgehead atoms. The maximum atomic E-state index is 12.9. The normalized spacial score (nSPS) is 14.7. The Kier molecular flexibility index (Phi) is 5.79. The number of amides is 1. The minimum absolute atomic E-state index is 0.101. The Labute approximate surface area is 166 Å². The van der Waals surface area contributed by atoms with Crippen LogP contribution in [-0.4, -0.2) is 58.8 Å². The summed E-state index contributed by atoms with van der Waals surface area (Å²) in [5, 5.41) is 0. The number of aryl methyl sites for hydroxylation is 1. The number of hydrogen-bond acceptors (Lipinski definition) is 5. The smallest absolute Gasteiger partial charge is 0.254 e. The SMILES string of the molecule is COc1ccccc1N1CCN(C(=O)c2ccc(C)c(NS(C)(=O)=O)c2)CC1. The highest BCUT2D eigenvalue weighted by atomic mass is 32.2. The number of hydrogen-bond donors (Lipinski definition) is 1. The molecular formula is C20H25N3O4S. The molecule has 1 amide bonds. The Hall–Kier alpha value is -2.74. The van der Waals surface area contributed by atoms with E-state index in [-0.39, 0.29) is 5.91 Å². The van der Waals surface area contributed by atoms with Gasteiger partial charge in [0.25, 0.3) is 5.91 Å². The molecule has 0 aliphatic carbocycles. The van der Waals surface area contributed by atoms with Crippen molar-refractivity contribution < 1.29 is 17.9 Å². The van der Waals surface area contributed by atoms with E-state index in [2.05, 4.69) is 9.62 Å². The Morgan fingerprint density at radius 1 is 1.07 bits per heavy atom. The van der Waals surface area contributed by atoms with Crippen molar-refractivity contribution in [2.24, 2.45) is 0 Å². The van der Waals surface area contributed by atoms with Crippen LogP contribution >= 0.6 is 0 Å². The van der Waals surface area contributed by atoms with Gasteiger partial charge in [0, 0.05) is 31.7 Å². The number of nitrogens with one attached hydrogen (secondary N) is 1. The molecule has 7 nitrogen and oxygen atoms in total. The molecule has 0 aromatic heterocycles. The minimum atomic E-state index is -3.40. The van der Waals surface area contributed by atoms with Crippen LogP contribution in [0.5, 0.6) is 5.75 Å². The van der Waals surface area contributed by atoms with Gasteiger partial charge in [-0.1, -0.05) is 18.2 Å². The van der Waals surface area contributed by atoms with Crippen LogP contribution in [0.1, 0.15) is 15.9 Å². The third-order valence-corrected chi connectivity index (χ3v) is 5.36. The second-order valence-electron chi connectivity index (χ2n) is 6.86. The Morgan fingerprint density at radius 3 is 2.39 bits per heavy atom. The number of para-hydroxylation sites is 2. The van der Waals surface area contributed by atoms with E-state index in [1.807, 2.05) is 24.3 Å². The zero-order chi connectivity index (χ0) is 20.3. The number of benzene rings is 2. The molecule has 2 aromatic carbocycles. The first-order valence-electron chi connectivity index (χ1n) is 9.04. The van der Waals surface area contributed by atoms with Crippen molar-refractivity contribution in [2.45, 2.75) is 6.92 Å². The summed E-state index contributed by atoms with van der Waals surface area (Å²) in [6, 6.07) is 12.9. The van der Waals surface area contributed by atoms with E-state index in [0.717, 1.165) is 23.3 Å². The summed E-state index contributed by atoms with van der Waals surface area (Å²) in [6.07, 6.45) is 1.10. The van der Waals surface area contributed by atoms with E-state index in [0.29, 0.717) is 37.4 Å². The molecule has 1 N–H and O–H groups in total. The van der Waals surface area contributed by atoms with Crippen molar-refractivity contribution in [3.63, 3.8) is 0 Å². The molecule has 0 saturated carbocycles. The molecule has 0 radical (unpaired) electrons. The highest BCUT2D eigenvalue weighted by molar-refractivity contribution is 7.92. The zero-order valence-corrected chi connectivity index (χ0v) is 17.1. The van der Waals surface area contributed by atoms with Gasteiger partial charge in [0.15, 0.2) is 0 Å². The van der Waals surface area contributed by atoms with E-state index in [9.17, 15) is 13.2 Å². The first-order chi connectivity index (χ1) is 13.3. The van der Waals surface area contributed by atoms with Gasteiger partial charge in [0.05, 0.1) is 24.7 Å². The molecule has 0 unspecified atom stereocenters. The van der Waals surface area contributed by atoms with Crippen LogP contribution in [-0.2, 0) is 10.0 Å². The van der Waals surface area contributed by atoms with Crippen molar-refractivity contribution in [3.8, 4) is 5.75 Å². The maximum Gasteiger partial charge on any atom is 0.254 e. The van der Waals surface area contributed by atoms with Crippen molar-refractivity contribution >= 4 is 27.3 Å². The van der Waals surface area contributed by atoms with Crippen LogP contribution < -0.4 is 14.4 Å². The zero-order valence-electron chi connectivity index (χ0n) is 16.3. The highest BCUT2D eigenvalue weighted by Crippen LogP contribution is 2.28. The number of carbonyl (C=O) groups excluding carboxylic acids is 1. The average Bonchev–Trinajstić information content (AvgIpc) is 2.68. The van der Waals surface area contributed by atoms with Crippen LogP contribution in [0.3, 0.4) is 0 Å². The van der Waals surface area contributed by atoms with Gasteiger partial charge < -0.3 is 14.5 Å². The van der Waals surface area contributed by atoms with Gasteiger partial charge >= 0.3 is 0 Å². The first kappa shape index (κ1) is 20.0. The van der Waals surface area contributed by atoms with Gasteiger partial charge in [-0.3, -0.25) is 9.52 Å². The molecule has 1 aliphatic heterocycles. The lowest BCUT2D eigenvalue weighted by atomic mass is 10.1. The second-order valence-corrected chi connectivity index (χ2v) is 8.60. The molecule has 150 valence electrons. The van der Waals surface area contributed by atoms with Crippen LogP contribution in [0, 0.1) is 6.92 Å². The van der Waals surface area contributed by atoms with Gasteiger partial charge in [-0.2, -0.15) is 0 Å². The van der Waals surface area contributed by atoms with E-state index >= 15 is 0 Å². The average molecular weight is 404 g/mol. The van der Waals surface area contributed by atoms with E-state index in [1.54, 1.807) is 37.1 Å². The van der Waals surface area contributed by atoms with Crippen molar-refractivity contribution in [1.82, 2.24) is 4.90 Å². The number of ether oxygens (including phenoxy) is 1. The number of carbonyl (C=O) groups is 1. The largest absolute Gasteiger partial charge is 0.495 e. The van der Waals surface area contributed by atoms with Crippen molar-refractivity contribution in [2.75, 3.05) is 49.2 Å². The summed E-state index contributed by atoms with van der Waals surface area (Å²) in [4.78, 5) is 16.9. The quantitative estimate of drug-likeness (QED) is 0.829. The fourth-order valence-corrected chi connectivity index (χ4v) is 3.91. The van der Waals surface area contributed by atoms with Gasteiger partial charge in [-0.25, -0.2) is 8.42 Å². The van der Waals surface area contributed by atoms with Crippen LogP contribution in [0.15, 0.2) is 42.5 Å². The summed E-state index contributed by atoms with van der Waals surface area (Å²) in [6.45, 7) is 4.37. The predicted molar refractivity (Wildman–Crippen MR) is 111 cm³/mol. The van der Waals surface area contributed by atoms with Gasteiger partial charge in [0.1, 0.15) is 5.75 Å². The monoisotopic (exact) mass is 403 g/mol. The lowest BCUT2D eigenvalue weighted by molar-refractivity contribution is 0.0746. The third-order valence-electron chi connectivity index (χ3n) is 4.77. The molecule has 1 heterocycles. The molecule has 28 heavy (non-hydrogen) atoms. The molecule has 2 aromatic rings. The molecule has 0 spiro atoms. The minimum Gasteiger partial charge on any atom is -0.495 e. The van der Waals surface area contributed by atoms with Gasteiger partial charge in [-0.15, -0.1) is 0 Å². The van der Waals surface area contributed by atoms with E-state index in [1.165, 1.54) is 0 Å². The summed E-state index contributed by atoms with van der Waals surface area (Å²) < 4.78 is 31.0. The van der Waals surface area contributed by atoms with E-state index in [4.69, 9.17) is 4.74 Å². The van der Waals surface area contributed by atoms with E-state index < -0.39 is 10.0 Å². The lowest BCUT2D eigenvalue weighted by Crippen LogP contribution is -2.48. The summed E-state index contributed by atoms with van der Waals surface area (Å²) >= 11 is 0. The molecule has 1 fully saturated rings. The Bertz CT molecular complexity index is 967. The van der Waals surface area contributed by atoms with Crippen LogP contribution in [0.2, 0.25) is 0 Å². The number of piperazine rings is 1. The first-order valence-corrected chi connectivity index (χ1v) is 10.9. The molecular weight excluding hydrogens is 378 g/mol. The Morgan fingerprint density at radius 2 is 1.75 bits per heavy atom. The fourth-order valence-electron chi connectivity index (χ4n) is 3.29. The lowest BCUT2D eigenvalue weighted by Gasteiger charge is -2.36. The molecule has 8 heteroatoms. The Balaban J connectivity index is 1.71. The summed E-state index contributed by atoms with van der Waals surface area (Å²) in [5.74, 6) is 0.716. The van der Waals surface area contributed by atoms with Crippen molar-refractivity contribution in [3.05, 3.63) is 53.6 Å². The number of rotatable bonds is 5. The highest BCUT2D eigenvalue weighted by Gasteiger charge is 2.24. The molecule has 3 rings (SSSR count). The van der Waals surface area contributed by atoms with Gasteiger partial charge in [0.2, 0.25) is 10.0 Å². The van der Waals surface area contributed by atoms with Crippen LogP contribution in [0.4, 0.5) is 11.4 Å². The number of sulfonamides is 1. The third kappa shape index (κ3) is 4.56. The predicted octanol–water partition coefficient (Wildman–Crippen LogP) is 2.34. The standard InChI is InChI=1S/C20H25N3O4S/c1-15-8-9-16(14-17(15)21-28(3,25)26)20(24)23-12-10-22(11-13-23)18-6-4-5-7-19(18)27-2/h4-9,14,21H,10-13H2,1-3H3. The summed E-state index contributed by atoms with van der Waals surface area (Å²) in [5.41, 5.74) is 2.69. The summed E-state index contributed by atoms with van der Waals surface area (Å²) in [7, 11) is -1.75. The number of methoxy groups -OCH3 is 1. The van der Waals surface area contributed by atoms with Crippen molar-refractivity contribution in [1.29, 1.82) is 0 Å². The topological polar surface area (TPSA) is 79.0 Å². The fraction of sp³-hybridized carbons (Fsp3) is 0.350. The number of anilines is 2. The molecule has 0 atom stereocenters.